The van der Waals surface area contributed by atoms with Gasteiger partial charge in [0.15, 0.2) is 6.61 Å². The van der Waals surface area contributed by atoms with Crippen LogP contribution in [0, 0.1) is 5.92 Å². The number of thiophene rings is 1. The molecule has 0 fully saturated rings. The minimum absolute atomic E-state index is 0.183. The topological polar surface area (TPSA) is 90.9 Å². The molecule has 1 amide bonds. The molecular weight excluding hydrogens is 415 g/mol. The van der Waals surface area contributed by atoms with E-state index >= 15 is 0 Å². The number of amides is 1. The summed E-state index contributed by atoms with van der Waals surface area (Å²) < 4.78 is 49.8. The van der Waals surface area contributed by atoms with Crippen molar-refractivity contribution in [2.75, 3.05) is 31.7 Å². The second-order valence-electron chi connectivity index (χ2n) is 6.59. The molecule has 1 aliphatic carbocycles. The Morgan fingerprint density at radius 2 is 1.93 bits per heavy atom. The summed E-state index contributed by atoms with van der Waals surface area (Å²) in [6.07, 6.45) is -2.16. The van der Waals surface area contributed by atoms with Gasteiger partial charge in [0.25, 0.3) is 5.91 Å². The number of hydrogen-bond donors (Lipinski definition) is 1. The fraction of sp³-hybridized carbons (Fsp3) is 0.611. The molecule has 0 saturated carbocycles. The summed E-state index contributed by atoms with van der Waals surface area (Å²) in [5.41, 5.74) is 1.17. The van der Waals surface area contributed by atoms with Crippen molar-refractivity contribution in [3.8, 4) is 0 Å². The molecule has 7 nitrogen and oxygen atoms in total. The van der Waals surface area contributed by atoms with E-state index in [9.17, 15) is 27.6 Å². The molecule has 0 radical (unpaired) electrons. The normalized spacial score (nSPS) is 16.1. The van der Waals surface area contributed by atoms with E-state index in [1.54, 1.807) is 6.92 Å². The van der Waals surface area contributed by atoms with E-state index in [0.717, 1.165) is 23.3 Å². The maximum atomic E-state index is 12.4. The maximum Gasteiger partial charge on any atom is 0.411 e. The summed E-state index contributed by atoms with van der Waals surface area (Å²) in [6.45, 7) is 0.739. The molecule has 0 aromatic carbocycles. The number of carbonyl (C=O) groups is 3. The van der Waals surface area contributed by atoms with Gasteiger partial charge in [-0.25, -0.2) is 9.59 Å². The molecule has 0 spiro atoms. The molecule has 162 valence electrons. The molecular formula is C18H22F3NO6S. The number of nitrogens with one attached hydrogen (secondary N) is 1. The first-order valence-corrected chi connectivity index (χ1v) is 9.84. The highest BCUT2D eigenvalue weighted by atomic mass is 32.1. The van der Waals surface area contributed by atoms with Gasteiger partial charge in [-0.2, -0.15) is 13.2 Å². The summed E-state index contributed by atoms with van der Waals surface area (Å²) in [7, 11) is 0. The van der Waals surface area contributed by atoms with Gasteiger partial charge in [-0.05, 0) is 37.7 Å². The van der Waals surface area contributed by atoms with Gasteiger partial charge in [0, 0.05) is 4.88 Å². The van der Waals surface area contributed by atoms with Crippen molar-refractivity contribution >= 4 is 34.2 Å². The zero-order chi connectivity index (χ0) is 21.6. The number of fused-ring (bicyclic) bond motifs is 1. The van der Waals surface area contributed by atoms with E-state index < -0.39 is 43.8 Å². The highest BCUT2D eigenvalue weighted by Crippen LogP contribution is 2.40. The van der Waals surface area contributed by atoms with Gasteiger partial charge < -0.3 is 19.5 Å². The first-order chi connectivity index (χ1) is 13.6. The zero-order valence-electron chi connectivity index (χ0n) is 16.0. The number of rotatable bonds is 8. The first kappa shape index (κ1) is 23.1. The van der Waals surface area contributed by atoms with Gasteiger partial charge in [0.1, 0.15) is 18.2 Å². The minimum Gasteiger partial charge on any atom is -0.462 e. The van der Waals surface area contributed by atoms with Crippen LogP contribution in [0.3, 0.4) is 0 Å². The van der Waals surface area contributed by atoms with Crippen molar-refractivity contribution in [3.63, 3.8) is 0 Å². The number of ether oxygens (including phenoxy) is 3. The van der Waals surface area contributed by atoms with Crippen LogP contribution >= 0.6 is 11.3 Å². The van der Waals surface area contributed by atoms with E-state index in [1.165, 1.54) is 11.3 Å². The molecule has 1 unspecified atom stereocenters. The predicted molar refractivity (Wildman–Crippen MR) is 97.9 cm³/mol. The van der Waals surface area contributed by atoms with Crippen molar-refractivity contribution in [3.05, 3.63) is 16.0 Å². The summed E-state index contributed by atoms with van der Waals surface area (Å²) in [5, 5.41) is 2.85. The van der Waals surface area contributed by atoms with Gasteiger partial charge >= 0.3 is 18.1 Å². The molecule has 1 heterocycles. The van der Waals surface area contributed by atoms with Gasteiger partial charge in [-0.3, -0.25) is 4.79 Å². The molecule has 0 bridgehead atoms. The molecule has 2 rings (SSSR count). The molecule has 1 aromatic rings. The fourth-order valence-corrected chi connectivity index (χ4v) is 4.27. The van der Waals surface area contributed by atoms with Crippen molar-refractivity contribution in [2.24, 2.45) is 5.92 Å². The van der Waals surface area contributed by atoms with Crippen LogP contribution in [0.25, 0.3) is 0 Å². The Labute approximate surface area is 169 Å². The van der Waals surface area contributed by atoms with Gasteiger partial charge in [0.2, 0.25) is 0 Å². The largest absolute Gasteiger partial charge is 0.462 e. The SMILES string of the molecule is CCOC(=O)c1c(NC(=O)COC(=O)COCC(F)(F)F)sc2c1CCC(C)C2. The zero-order valence-corrected chi connectivity index (χ0v) is 16.8. The Morgan fingerprint density at radius 1 is 1.21 bits per heavy atom. The third-order valence-electron chi connectivity index (χ3n) is 4.09. The predicted octanol–water partition coefficient (Wildman–Crippen LogP) is 3.11. The number of esters is 2. The third-order valence-corrected chi connectivity index (χ3v) is 5.26. The highest BCUT2D eigenvalue weighted by molar-refractivity contribution is 7.17. The highest BCUT2D eigenvalue weighted by Gasteiger charge is 2.30. The lowest BCUT2D eigenvalue weighted by molar-refractivity contribution is -0.181. The number of alkyl halides is 3. The Bertz CT molecular complexity index is 762. The van der Waals surface area contributed by atoms with E-state index in [-0.39, 0.29) is 6.61 Å². The summed E-state index contributed by atoms with van der Waals surface area (Å²) in [5.74, 6) is -1.90. The number of anilines is 1. The van der Waals surface area contributed by atoms with Crippen LogP contribution < -0.4 is 5.32 Å². The van der Waals surface area contributed by atoms with Crippen molar-refractivity contribution < 1.29 is 41.8 Å². The molecule has 1 N–H and O–H groups in total. The van der Waals surface area contributed by atoms with Gasteiger partial charge in [-0.1, -0.05) is 6.92 Å². The fourth-order valence-electron chi connectivity index (χ4n) is 2.86. The smallest absolute Gasteiger partial charge is 0.411 e. The standard InChI is InChI=1S/C18H22F3NO6S/c1-3-27-17(25)15-11-5-4-10(2)6-12(11)29-16(15)22-13(23)7-28-14(24)8-26-9-18(19,20)21/h10H,3-9H2,1-2H3,(H,22,23). The molecule has 1 aromatic heterocycles. The van der Waals surface area contributed by atoms with Crippen molar-refractivity contribution in [2.45, 2.75) is 39.3 Å². The average Bonchev–Trinajstić information content (AvgIpc) is 2.95. The Kier molecular flexibility index (Phi) is 8.03. The summed E-state index contributed by atoms with van der Waals surface area (Å²) in [4.78, 5) is 36.8. The average molecular weight is 437 g/mol. The summed E-state index contributed by atoms with van der Waals surface area (Å²) >= 11 is 1.28. The van der Waals surface area contributed by atoms with Crippen LogP contribution in [0.1, 0.15) is 41.1 Å². The Hall–Kier alpha value is -2.14. The maximum absolute atomic E-state index is 12.4. The Morgan fingerprint density at radius 3 is 2.59 bits per heavy atom. The van der Waals surface area contributed by atoms with Crippen LogP contribution in [0.4, 0.5) is 18.2 Å². The quantitative estimate of drug-likeness (QED) is 0.629. The van der Waals surface area contributed by atoms with Crippen LogP contribution in [0.2, 0.25) is 0 Å². The lowest BCUT2D eigenvalue weighted by atomic mass is 9.88. The van der Waals surface area contributed by atoms with E-state index in [1.807, 2.05) is 0 Å². The van der Waals surface area contributed by atoms with E-state index in [0.29, 0.717) is 22.9 Å². The molecule has 29 heavy (non-hydrogen) atoms. The second-order valence-corrected chi connectivity index (χ2v) is 7.70. The van der Waals surface area contributed by atoms with Gasteiger partial charge in [0.05, 0.1) is 12.2 Å². The first-order valence-electron chi connectivity index (χ1n) is 9.02. The molecule has 1 atom stereocenters. The number of carbonyl (C=O) groups excluding carboxylic acids is 3. The van der Waals surface area contributed by atoms with E-state index in [4.69, 9.17) is 4.74 Å². The number of hydrogen-bond acceptors (Lipinski definition) is 7. The Balaban J connectivity index is 1.97. The third kappa shape index (κ3) is 7.00. The molecule has 1 aliphatic rings. The van der Waals surface area contributed by atoms with Crippen molar-refractivity contribution in [1.29, 1.82) is 0 Å². The van der Waals surface area contributed by atoms with Crippen LogP contribution in [-0.2, 0) is 36.6 Å². The number of halogens is 3. The minimum atomic E-state index is -4.56. The monoisotopic (exact) mass is 437 g/mol. The second kappa shape index (κ2) is 10.1. The molecule has 0 aliphatic heterocycles. The van der Waals surface area contributed by atoms with E-state index in [2.05, 4.69) is 21.7 Å². The van der Waals surface area contributed by atoms with Crippen LogP contribution in [-0.4, -0.2) is 50.4 Å². The lowest BCUT2D eigenvalue weighted by Gasteiger charge is -2.18. The molecule has 11 heteroatoms. The molecule has 0 saturated heterocycles. The summed E-state index contributed by atoms with van der Waals surface area (Å²) in [6, 6.07) is 0. The van der Waals surface area contributed by atoms with Crippen LogP contribution in [0.15, 0.2) is 0 Å². The van der Waals surface area contributed by atoms with Crippen molar-refractivity contribution in [1.82, 2.24) is 0 Å². The lowest BCUT2D eigenvalue weighted by Crippen LogP contribution is -2.25. The van der Waals surface area contributed by atoms with Gasteiger partial charge in [-0.15, -0.1) is 11.3 Å². The van der Waals surface area contributed by atoms with Crippen LogP contribution in [0.5, 0.6) is 0 Å².